The fraction of sp³-hybridized carbons (Fsp3) is 0.600. The van der Waals surface area contributed by atoms with Crippen LogP contribution in [0.15, 0.2) is 12.1 Å². The van der Waals surface area contributed by atoms with Crippen LogP contribution in [0.3, 0.4) is 0 Å². The van der Waals surface area contributed by atoms with Gasteiger partial charge < -0.3 is 20.3 Å². The zero-order valence-electron chi connectivity index (χ0n) is 21.2. The maximum atomic E-state index is 14.2. The van der Waals surface area contributed by atoms with Crippen molar-refractivity contribution in [3.63, 3.8) is 0 Å². The Morgan fingerprint density at radius 1 is 1.14 bits per heavy atom. The van der Waals surface area contributed by atoms with Crippen molar-refractivity contribution >= 4 is 35.0 Å². The van der Waals surface area contributed by atoms with Gasteiger partial charge in [-0.15, -0.1) is 0 Å². The highest BCUT2D eigenvalue weighted by Gasteiger charge is 2.34. The second-order valence-electron chi connectivity index (χ2n) is 9.46. The van der Waals surface area contributed by atoms with Crippen molar-refractivity contribution in [1.82, 2.24) is 15.5 Å². The summed E-state index contributed by atoms with van der Waals surface area (Å²) in [6.45, 7) is 7.05. The van der Waals surface area contributed by atoms with Gasteiger partial charge in [-0.3, -0.25) is 9.59 Å². The zero-order chi connectivity index (χ0) is 27.2. The molecule has 1 aromatic rings. The van der Waals surface area contributed by atoms with Crippen LogP contribution in [0.2, 0.25) is 0 Å². The fourth-order valence-electron chi connectivity index (χ4n) is 4.15. The highest BCUT2D eigenvalue weighted by molar-refractivity contribution is 7.80. The molecule has 1 aliphatic heterocycles. The van der Waals surface area contributed by atoms with E-state index in [2.05, 4.69) is 10.6 Å². The Kier molecular flexibility index (Phi) is 10.7. The van der Waals surface area contributed by atoms with Gasteiger partial charge in [-0.1, -0.05) is 46.3 Å². The third-order valence-electron chi connectivity index (χ3n) is 6.51. The number of hydrogen-bond acceptors (Lipinski definition) is 5. The molecule has 36 heavy (non-hydrogen) atoms. The lowest BCUT2D eigenvalue weighted by molar-refractivity contribution is -0.147. The Hall–Kier alpha value is -2.69. The first-order valence-corrected chi connectivity index (χ1v) is 12.4. The summed E-state index contributed by atoms with van der Waals surface area (Å²) in [6.07, 6.45) is 1.55. The minimum absolute atomic E-state index is 0.0537. The molecule has 1 aliphatic rings. The molecular weight excluding hydrogens is 495 g/mol. The van der Waals surface area contributed by atoms with E-state index in [1.807, 2.05) is 13.8 Å². The van der Waals surface area contributed by atoms with Crippen LogP contribution < -0.4 is 10.6 Å². The van der Waals surface area contributed by atoms with Gasteiger partial charge >= 0.3 is 5.97 Å². The summed E-state index contributed by atoms with van der Waals surface area (Å²) in [4.78, 5) is 40.1. The quantitative estimate of drug-likeness (QED) is 0.259. The van der Waals surface area contributed by atoms with Gasteiger partial charge in [0.25, 0.3) is 0 Å². The van der Waals surface area contributed by atoms with Gasteiger partial charge in [0.1, 0.15) is 17.9 Å². The number of benzene rings is 1. The van der Waals surface area contributed by atoms with Crippen LogP contribution in [0.1, 0.15) is 58.9 Å². The molecule has 7 nitrogen and oxygen atoms in total. The summed E-state index contributed by atoms with van der Waals surface area (Å²) in [5.41, 5.74) is -0.194. The monoisotopic (exact) mass is 529 g/mol. The van der Waals surface area contributed by atoms with Crippen LogP contribution in [0.4, 0.5) is 13.2 Å². The molecule has 1 saturated heterocycles. The number of methoxy groups -OCH3 is 1. The molecule has 1 aromatic carbocycles. The minimum atomic E-state index is -1.29. The summed E-state index contributed by atoms with van der Waals surface area (Å²) in [6, 6.07) is -0.818. The maximum Gasteiger partial charge on any atom is 0.328 e. The number of likely N-dealkylation sites (tertiary alicyclic amines) is 1. The number of carbonyl (C=O) groups excluding carboxylic acids is 3. The predicted molar refractivity (Wildman–Crippen MR) is 132 cm³/mol. The molecule has 0 aromatic heterocycles. The number of hydrogen-bond donors (Lipinski definition) is 2. The summed E-state index contributed by atoms with van der Waals surface area (Å²) >= 11 is 5.34. The van der Waals surface area contributed by atoms with Crippen LogP contribution in [0, 0.1) is 29.3 Å². The van der Waals surface area contributed by atoms with Crippen molar-refractivity contribution < 1.29 is 32.3 Å². The van der Waals surface area contributed by atoms with E-state index in [0.717, 1.165) is 6.07 Å². The number of amides is 2. The van der Waals surface area contributed by atoms with Gasteiger partial charge in [-0.25, -0.2) is 18.0 Å². The molecule has 0 aliphatic carbocycles. The van der Waals surface area contributed by atoms with E-state index in [1.54, 1.807) is 18.7 Å². The number of ether oxygens (including phenoxy) is 1. The van der Waals surface area contributed by atoms with Gasteiger partial charge in [-0.2, -0.15) is 0 Å². The van der Waals surface area contributed by atoms with E-state index in [4.69, 9.17) is 17.0 Å². The molecule has 0 saturated carbocycles. The minimum Gasteiger partial charge on any atom is -0.467 e. The van der Waals surface area contributed by atoms with Gasteiger partial charge in [0.05, 0.1) is 12.1 Å². The average Bonchev–Trinajstić information content (AvgIpc) is 3.16. The highest BCUT2D eigenvalue weighted by Crippen LogP contribution is 2.27. The SMILES string of the molecule is CC[C@H](C)[C@H](NC(=O)[C@@H](NC(=O)C[C@@H]1CCC(=S)N1Cc1cc(F)cc(F)c1F)C(C)C)C(=O)OC. The van der Waals surface area contributed by atoms with E-state index in [-0.39, 0.29) is 30.4 Å². The molecule has 0 radical (unpaired) electrons. The van der Waals surface area contributed by atoms with Gasteiger partial charge in [0.2, 0.25) is 11.8 Å². The second kappa shape index (κ2) is 13.0. The van der Waals surface area contributed by atoms with E-state index in [0.29, 0.717) is 30.3 Å². The van der Waals surface area contributed by atoms with Crippen molar-refractivity contribution in [3.05, 3.63) is 35.1 Å². The highest BCUT2D eigenvalue weighted by atomic mass is 32.1. The topological polar surface area (TPSA) is 87.7 Å². The predicted octanol–water partition coefficient (Wildman–Crippen LogP) is 3.63. The lowest BCUT2D eigenvalue weighted by Gasteiger charge is -2.29. The van der Waals surface area contributed by atoms with Crippen molar-refractivity contribution in [3.8, 4) is 0 Å². The average molecular weight is 530 g/mol. The Balaban J connectivity index is 2.10. The van der Waals surface area contributed by atoms with Crippen LogP contribution in [0.5, 0.6) is 0 Å². The summed E-state index contributed by atoms with van der Waals surface area (Å²) in [5.74, 6) is -5.33. The first kappa shape index (κ1) is 29.5. The Bertz CT molecular complexity index is 992. The Labute approximate surface area is 215 Å². The first-order chi connectivity index (χ1) is 16.9. The summed E-state index contributed by atoms with van der Waals surface area (Å²) < 4.78 is 46.3. The normalized spacial score (nSPS) is 18.1. The van der Waals surface area contributed by atoms with Crippen LogP contribution in [0.25, 0.3) is 0 Å². The summed E-state index contributed by atoms with van der Waals surface area (Å²) in [7, 11) is 1.24. The number of nitrogens with zero attached hydrogens (tertiary/aromatic N) is 1. The third kappa shape index (κ3) is 7.41. The fourth-order valence-corrected chi connectivity index (χ4v) is 4.48. The van der Waals surface area contributed by atoms with Crippen molar-refractivity contribution in [2.75, 3.05) is 7.11 Å². The van der Waals surface area contributed by atoms with E-state index >= 15 is 0 Å². The smallest absolute Gasteiger partial charge is 0.328 e. The molecule has 2 N–H and O–H groups in total. The standard InChI is InChI=1S/C25H34F3N3O4S/c1-6-14(4)23(25(34)35-5)30-24(33)22(13(2)3)29-19(32)11-17-7-8-20(36)31(17)12-15-9-16(26)10-18(27)21(15)28/h9-10,13-14,17,22-23H,6-8,11-12H2,1-5H3,(H,29,32)(H,30,33)/t14-,17-,22-,23-/m0/s1. The lowest BCUT2D eigenvalue weighted by atomic mass is 9.97. The molecule has 2 rings (SSSR count). The number of carbonyl (C=O) groups is 3. The molecule has 4 atom stereocenters. The van der Waals surface area contributed by atoms with E-state index < -0.39 is 53.4 Å². The molecule has 0 bridgehead atoms. The molecule has 2 amide bonds. The number of halogens is 3. The zero-order valence-corrected chi connectivity index (χ0v) is 22.0. The largest absolute Gasteiger partial charge is 0.467 e. The van der Waals surface area contributed by atoms with Crippen molar-refractivity contribution in [2.24, 2.45) is 11.8 Å². The number of esters is 1. The first-order valence-electron chi connectivity index (χ1n) is 12.0. The third-order valence-corrected chi connectivity index (χ3v) is 6.95. The molecule has 200 valence electrons. The maximum absolute atomic E-state index is 14.2. The van der Waals surface area contributed by atoms with Crippen molar-refractivity contribution in [1.29, 1.82) is 0 Å². The molecule has 0 spiro atoms. The molecule has 1 fully saturated rings. The van der Waals surface area contributed by atoms with Crippen LogP contribution in [-0.4, -0.2) is 52.9 Å². The van der Waals surface area contributed by atoms with E-state index in [1.165, 1.54) is 7.11 Å². The van der Waals surface area contributed by atoms with Crippen LogP contribution >= 0.6 is 12.2 Å². The molecule has 1 heterocycles. The number of thiocarbonyl (C=S) groups is 1. The Morgan fingerprint density at radius 2 is 1.81 bits per heavy atom. The van der Waals surface area contributed by atoms with Crippen LogP contribution in [-0.2, 0) is 25.7 Å². The van der Waals surface area contributed by atoms with E-state index in [9.17, 15) is 27.6 Å². The molecule has 11 heteroatoms. The summed E-state index contributed by atoms with van der Waals surface area (Å²) in [5, 5.41) is 5.42. The Morgan fingerprint density at radius 3 is 2.39 bits per heavy atom. The van der Waals surface area contributed by atoms with Gasteiger partial charge in [0, 0.05) is 30.6 Å². The molecule has 0 unspecified atom stereocenters. The van der Waals surface area contributed by atoms with Gasteiger partial charge in [0.15, 0.2) is 11.6 Å². The lowest BCUT2D eigenvalue weighted by Crippen LogP contribution is -2.55. The molecular formula is C25H34F3N3O4S. The number of nitrogens with one attached hydrogen (secondary N) is 2. The van der Waals surface area contributed by atoms with Crippen molar-refractivity contribution in [2.45, 2.75) is 78.0 Å². The number of rotatable bonds is 11. The second-order valence-corrected chi connectivity index (χ2v) is 9.93. The van der Waals surface area contributed by atoms with Gasteiger partial charge in [-0.05, 0) is 30.7 Å².